The molecule has 14 nitrogen and oxygen atoms in total. The SMILES string of the molecule is CN(CCO)CCO.CN(CCO)CCO.OCCCO.OCCCO.OCCCO.OCCCO.[Ti].[Ti].[Ti]. The monoisotopic (exact) mass is 686 g/mol. The van der Waals surface area contributed by atoms with Crippen LogP contribution in [0.1, 0.15) is 25.7 Å². The molecule has 0 aromatic carbocycles. The van der Waals surface area contributed by atoms with Crippen molar-refractivity contribution >= 4 is 0 Å². The maximum atomic E-state index is 8.34. The van der Waals surface area contributed by atoms with Gasteiger partial charge >= 0.3 is 0 Å². The van der Waals surface area contributed by atoms with Gasteiger partial charge < -0.3 is 71.1 Å². The van der Waals surface area contributed by atoms with E-state index in [1.165, 1.54) is 0 Å². The summed E-state index contributed by atoms with van der Waals surface area (Å²) < 4.78 is 0. The maximum absolute atomic E-state index is 8.34. The fourth-order valence-corrected chi connectivity index (χ4v) is 1.19. The molecule has 0 aliphatic carbocycles. The van der Waals surface area contributed by atoms with Crippen LogP contribution in [0.3, 0.4) is 0 Å². The Hall–Kier alpha value is 1.58. The second-order valence-corrected chi connectivity index (χ2v) is 6.70. The normalized spacial score (nSPS) is 8.62. The molecule has 17 heteroatoms. The van der Waals surface area contributed by atoms with Gasteiger partial charge in [-0.25, -0.2) is 0 Å². The summed E-state index contributed by atoms with van der Waals surface area (Å²) in [5.41, 5.74) is 0. The number of rotatable bonds is 16. The van der Waals surface area contributed by atoms with Crippen LogP contribution in [0.5, 0.6) is 0 Å². The zero-order valence-corrected chi connectivity index (χ0v) is 28.6. The van der Waals surface area contributed by atoms with Crippen molar-refractivity contribution in [3.63, 3.8) is 0 Å². The Morgan fingerprint density at radius 2 is 0.410 bits per heavy atom. The van der Waals surface area contributed by atoms with Crippen LogP contribution in [-0.2, 0) is 65.2 Å². The van der Waals surface area contributed by atoms with Crippen molar-refractivity contribution < 1.29 is 126 Å². The fourth-order valence-electron chi connectivity index (χ4n) is 1.19. The Kier molecular flexibility index (Phi) is 127. The second kappa shape index (κ2) is 77.4. The van der Waals surface area contributed by atoms with E-state index in [4.69, 9.17) is 61.3 Å². The number of aliphatic hydroxyl groups excluding tert-OH is 12. The van der Waals surface area contributed by atoms with Crippen LogP contribution < -0.4 is 0 Å². The summed E-state index contributed by atoms with van der Waals surface area (Å²) in [7, 11) is 3.71. The zero-order valence-electron chi connectivity index (χ0n) is 23.9. The molecule has 0 aliphatic heterocycles. The first-order chi connectivity index (χ1) is 17.3. The maximum Gasteiger partial charge on any atom is 0.0558 e. The average Bonchev–Trinajstić information content (AvgIpc) is 2.84. The van der Waals surface area contributed by atoms with E-state index in [9.17, 15) is 0 Å². The Labute approximate surface area is 280 Å². The van der Waals surface area contributed by atoms with Gasteiger partial charge in [0, 0.05) is 144 Å². The third-order valence-corrected chi connectivity index (χ3v) is 3.19. The van der Waals surface area contributed by atoms with Crippen LogP contribution >= 0.6 is 0 Å². The first-order valence-electron chi connectivity index (χ1n) is 12.0. The quantitative estimate of drug-likeness (QED) is 0.0682. The summed E-state index contributed by atoms with van der Waals surface area (Å²) in [6, 6.07) is 0. The minimum atomic E-state index is 0. The van der Waals surface area contributed by atoms with E-state index >= 15 is 0 Å². The van der Waals surface area contributed by atoms with E-state index in [-0.39, 0.29) is 144 Å². The van der Waals surface area contributed by atoms with Gasteiger partial charge in [-0.3, -0.25) is 0 Å². The van der Waals surface area contributed by atoms with Crippen LogP contribution in [-0.4, -0.2) is 191 Å². The predicted octanol–water partition coefficient (Wildman–Crippen LogP) is -4.76. The number of hydrogen-bond acceptors (Lipinski definition) is 14. The Bertz CT molecular complexity index is 245. The van der Waals surface area contributed by atoms with Gasteiger partial charge in [0.15, 0.2) is 0 Å². The molecular formula is C22H58N2O12Ti3. The minimum absolute atomic E-state index is 0. The van der Waals surface area contributed by atoms with Crippen molar-refractivity contribution in [2.75, 3.05) is 120 Å². The fraction of sp³-hybridized carbons (Fsp3) is 1.00. The van der Waals surface area contributed by atoms with Crippen LogP contribution in [0.15, 0.2) is 0 Å². The van der Waals surface area contributed by atoms with Crippen LogP contribution in [0.4, 0.5) is 0 Å². The molecule has 240 valence electrons. The zero-order chi connectivity index (χ0) is 29.3. The third kappa shape index (κ3) is 120. The van der Waals surface area contributed by atoms with Crippen molar-refractivity contribution in [3.05, 3.63) is 0 Å². The molecule has 0 radical (unpaired) electrons. The van der Waals surface area contributed by atoms with E-state index in [0.29, 0.717) is 51.9 Å². The summed E-state index contributed by atoms with van der Waals surface area (Å²) in [6.45, 7) is 3.96. The number of nitrogens with zero attached hydrogens (tertiary/aromatic N) is 2. The minimum Gasteiger partial charge on any atom is -0.396 e. The van der Waals surface area contributed by atoms with E-state index in [0.717, 1.165) is 0 Å². The third-order valence-electron chi connectivity index (χ3n) is 3.19. The molecule has 0 atom stereocenters. The number of hydrogen-bond donors (Lipinski definition) is 12. The second-order valence-electron chi connectivity index (χ2n) is 6.70. The first-order valence-corrected chi connectivity index (χ1v) is 12.0. The Morgan fingerprint density at radius 1 is 0.282 bits per heavy atom. The van der Waals surface area contributed by atoms with Gasteiger partial charge in [0.2, 0.25) is 0 Å². The van der Waals surface area contributed by atoms with Crippen molar-refractivity contribution in [2.24, 2.45) is 0 Å². The Morgan fingerprint density at radius 3 is 0.462 bits per heavy atom. The smallest absolute Gasteiger partial charge is 0.0558 e. The van der Waals surface area contributed by atoms with Crippen molar-refractivity contribution in [3.8, 4) is 0 Å². The van der Waals surface area contributed by atoms with Gasteiger partial charge in [-0.2, -0.15) is 0 Å². The molecule has 0 aromatic heterocycles. The predicted molar refractivity (Wildman–Crippen MR) is 138 cm³/mol. The van der Waals surface area contributed by atoms with Crippen LogP contribution in [0, 0.1) is 0 Å². The van der Waals surface area contributed by atoms with Gasteiger partial charge in [-0.1, -0.05) is 0 Å². The molecule has 0 bridgehead atoms. The van der Waals surface area contributed by atoms with Crippen molar-refractivity contribution in [2.45, 2.75) is 25.7 Å². The van der Waals surface area contributed by atoms with Gasteiger partial charge in [0.05, 0.1) is 26.4 Å². The number of likely N-dealkylation sites (N-methyl/N-ethyl adjacent to an activating group) is 2. The molecule has 0 heterocycles. The van der Waals surface area contributed by atoms with E-state index in [1.54, 1.807) is 0 Å². The summed E-state index contributed by atoms with van der Waals surface area (Å²) in [4.78, 5) is 3.72. The first kappa shape index (κ1) is 63.7. The van der Waals surface area contributed by atoms with Crippen molar-refractivity contribution in [1.29, 1.82) is 0 Å². The van der Waals surface area contributed by atoms with Gasteiger partial charge in [0.25, 0.3) is 0 Å². The molecule has 0 unspecified atom stereocenters. The molecule has 12 N–H and O–H groups in total. The van der Waals surface area contributed by atoms with Gasteiger partial charge in [-0.05, 0) is 39.8 Å². The van der Waals surface area contributed by atoms with E-state index < -0.39 is 0 Å². The van der Waals surface area contributed by atoms with E-state index in [1.807, 2.05) is 23.9 Å². The largest absolute Gasteiger partial charge is 0.396 e. The topological polar surface area (TPSA) is 249 Å². The Balaban J connectivity index is -0.0000000395. The van der Waals surface area contributed by atoms with Crippen LogP contribution in [0.2, 0.25) is 0 Å². The standard InChI is InChI=1S/2C5H13NO2.4C3H8O2.3Ti/c2*1-6(2-4-7)3-5-8;4*4-2-1-3-5;;;/h2*7-8H,2-5H2,1H3;4*4-5H,1-3H2;;;. The van der Waals surface area contributed by atoms with Gasteiger partial charge in [0.1, 0.15) is 0 Å². The molecule has 0 amide bonds. The molecule has 0 aromatic rings. The summed E-state index contributed by atoms with van der Waals surface area (Å²) in [5.74, 6) is 0. The average molecular weight is 686 g/mol. The number of aliphatic hydroxyl groups is 12. The molecule has 0 spiro atoms. The summed E-state index contributed by atoms with van der Waals surface area (Å²) in [6.07, 6.45) is 2.00. The molecule has 0 saturated carbocycles. The summed E-state index contributed by atoms with van der Waals surface area (Å²) in [5, 5.41) is 96.6. The molecule has 39 heavy (non-hydrogen) atoms. The molecule has 0 fully saturated rings. The molecule has 0 aliphatic rings. The molecular weight excluding hydrogens is 628 g/mol. The van der Waals surface area contributed by atoms with E-state index in [2.05, 4.69) is 0 Å². The molecule has 0 saturated heterocycles. The van der Waals surface area contributed by atoms with Crippen LogP contribution in [0.25, 0.3) is 0 Å². The summed E-state index contributed by atoms with van der Waals surface area (Å²) >= 11 is 0. The van der Waals surface area contributed by atoms with Crippen molar-refractivity contribution in [1.82, 2.24) is 9.80 Å². The van der Waals surface area contributed by atoms with Gasteiger partial charge in [-0.15, -0.1) is 0 Å². The molecule has 0 rings (SSSR count).